The van der Waals surface area contributed by atoms with Gasteiger partial charge in [0.15, 0.2) is 17.1 Å². The zero-order chi connectivity index (χ0) is 23.3. The predicted octanol–water partition coefficient (Wildman–Crippen LogP) is 3.17. The first kappa shape index (κ1) is 23.1. The van der Waals surface area contributed by atoms with Crippen LogP contribution in [0.4, 0.5) is 0 Å². The van der Waals surface area contributed by atoms with E-state index in [4.69, 9.17) is 16.2 Å². The molecular weight excluding hydrogens is 408 g/mol. The lowest BCUT2D eigenvalue weighted by Gasteiger charge is -2.23. The molecule has 0 saturated carbocycles. The number of Topliss-reactive ketones (excluding diaryl/α,β-unsaturated/α-hetero) is 1. The molecule has 7 nitrogen and oxygen atoms in total. The van der Waals surface area contributed by atoms with Crippen molar-refractivity contribution in [2.45, 2.75) is 24.8 Å². The van der Waals surface area contributed by atoms with Gasteiger partial charge in [0.2, 0.25) is 0 Å². The molecule has 0 saturated heterocycles. The highest BCUT2D eigenvalue weighted by Gasteiger charge is 2.41. The number of hydrogen-bond donors (Lipinski definition) is 3. The molecule has 0 amide bonds. The van der Waals surface area contributed by atoms with Crippen molar-refractivity contribution in [1.29, 1.82) is 0 Å². The smallest absolute Gasteiger partial charge is 0.331 e. The van der Waals surface area contributed by atoms with Gasteiger partial charge in [0.05, 0.1) is 7.11 Å². The summed E-state index contributed by atoms with van der Waals surface area (Å²) >= 11 is 0. The second-order valence-electron chi connectivity index (χ2n) is 7.69. The number of rotatable bonds is 10. The highest BCUT2D eigenvalue weighted by Crippen LogP contribution is 2.24. The highest BCUT2D eigenvalue weighted by atomic mass is 16.5. The van der Waals surface area contributed by atoms with Gasteiger partial charge in [-0.05, 0) is 54.8 Å². The van der Waals surface area contributed by atoms with E-state index in [1.54, 1.807) is 19.2 Å². The van der Waals surface area contributed by atoms with E-state index in [0.29, 0.717) is 30.5 Å². The minimum Gasteiger partial charge on any atom is -0.497 e. The summed E-state index contributed by atoms with van der Waals surface area (Å²) < 4.78 is 5.22. The maximum Gasteiger partial charge on any atom is 0.331 e. The summed E-state index contributed by atoms with van der Waals surface area (Å²) in [6, 6.07) is 16.9. The monoisotopic (exact) mass is 434 g/mol. The number of carbonyl (C=O) groups is 3. The van der Waals surface area contributed by atoms with E-state index >= 15 is 0 Å². The Bertz CT molecular complexity index is 1160. The SMILES string of the molecule is COc1ccc2cc(C(=O)c3ccc(C(=O)[C@](N)(CCCCN)C(=O)O)cc3)ccc2c1. The Kier molecular flexibility index (Phi) is 7.02. The van der Waals surface area contributed by atoms with Crippen LogP contribution in [0.5, 0.6) is 5.75 Å². The average Bonchev–Trinajstić information content (AvgIpc) is 2.82. The molecule has 0 aliphatic carbocycles. The van der Waals surface area contributed by atoms with Crippen molar-refractivity contribution in [2.75, 3.05) is 13.7 Å². The molecule has 7 heteroatoms. The number of nitrogens with two attached hydrogens (primary N) is 2. The lowest BCUT2D eigenvalue weighted by Crippen LogP contribution is -2.55. The summed E-state index contributed by atoms with van der Waals surface area (Å²) in [7, 11) is 1.60. The molecule has 0 aliphatic rings. The van der Waals surface area contributed by atoms with Crippen LogP contribution < -0.4 is 16.2 Å². The zero-order valence-electron chi connectivity index (χ0n) is 17.8. The first-order valence-electron chi connectivity index (χ1n) is 10.3. The quantitative estimate of drug-likeness (QED) is 0.254. The molecule has 5 N–H and O–H groups in total. The topological polar surface area (TPSA) is 133 Å². The lowest BCUT2D eigenvalue weighted by molar-refractivity contribution is -0.141. The largest absolute Gasteiger partial charge is 0.497 e. The van der Waals surface area contributed by atoms with Crippen LogP contribution in [0.3, 0.4) is 0 Å². The van der Waals surface area contributed by atoms with Gasteiger partial charge in [-0.25, -0.2) is 4.79 Å². The van der Waals surface area contributed by atoms with Crippen molar-refractivity contribution in [3.05, 3.63) is 77.4 Å². The number of unbranched alkanes of at least 4 members (excludes halogenated alkanes) is 1. The van der Waals surface area contributed by atoms with Crippen molar-refractivity contribution < 1.29 is 24.2 Å². The summed E-state index contributed by atoms with van der Waals surface area (Å²) in [4.78, 5) is 37.5. The number of carboxylic acid groups (broad SMARTS) is 1. The van der Waals surface area contributed by atoms with E-state index in [0.717, 1.165) is 16.5 Å². The maximum absolute atomic E-state index is 12.9. The van der Waals surface area contributed by atoms with E-state index in [9.17, 15) is 19.5 Å². The van der Waals surface area contributed by atoms with Crippen LogP contribution in [0.1, 0.15) is 45.5 Å². The minimum atomic E-state index is -2.03. The molecule has 0 bridgehead atoms. The molecule has 3 rings (SSSR count). The van der Waals surface area contributed by atoms with E-state index < -0.39 is 17.3 Å². The van der Waals surface area contributed by atoms with Gasteiger partial charge in [-0.2, -0.15) is 0 Å². The fourth-order valence-corrected chi connectivity index (χ4v) is 3.56. The minimum absolute atomic E-state index is 0.0130. The Morgan fingerprint density at radius 3 is 2.09 bits per heavy atom. The molecule has 3 aromatic carbocycles. The molecule has 0 aliphatic heterocycles. The van der Waals surface area contributed by atoms with Gasteiger partial charge in [-0.1, -0.05) is 42.5 Å². The van der Waals surface area contributed by atoms with Crippen LogP contribution in [0.2, 0.25) is 0 Å². The molecule has 32 heavy (non-hydrogen) atoms. The fourth-order valence-electron chi connectivity index (χ4n) is 3.56. The number of aliphatic carboxylic acids is 1. The number of ketones is 2. The standard InChI is InChI=1S/C25H26N2O5/c1-32-21-11-10-18-14-20(9-8-19(18)15-21)22(28)16-4-6-17(7-5-16)23(29)25(27,24(30)31)12-2-3-13-26/h4-11,14-15H,2-3,12-13,26-27H2,1H3,(H,30,31)/t25-/m1/s1. The normalized spacial score (nSPS) is 12.8. The second kappa shape index (κ2) is 9.72. The van der Waals surface area contributed by atoms with Gasteiger partial charge < -0.3 is 21.3 Å². The molecule has 0 unspecified atom stereocenters. The Morgan fingerprint density at radius 2 is 1.47 bits per heavy atom. The van der Waals surface area contributed by atoms with Crippen molar-refractivity contribution in [3.8, 4) is 5.75 Å². The number of methoxy groups -OCH3 is 1. The molecule has 0 spiro atoms. The Morgan fingerprint density at radius 1 is 0.875 bits per heavy atom. The van der Waals surface area contributed by atoms with Gasteiger partial charge >= 0.3 is 5.97 Å². The van der Waals surface area contributed by atoms with Crippen molar-refractivity contribution in [3.63, 3.8) is 0 Å². The molecule has 0 heterocycles. The number of hydrogen-bond acceptors (Lipinski definition) is 6. The van der Waals surface area contributed by atoms with E-state index in [-0.39, 0.29) is 17.8 Å². The number of ether oxygens (including phenoxy) is 1. The van der Waals surface area contributed by atoms with Crippen molar-refractivity contribution >= 4 is 28.3 Å². The molecule has 166 valence electrons. The number of carbonyl (C=O) groups excluding carboxylic acids is 2. The van der Waals surface area contributed by atoms with Crippen molar-refractivity contribution in [2.24, 2.45) is 11.5 Å². The van der Waals surface area contributed by atoms with Gasteiger partial charge in [0.25, 0.3) is 0 Å². The van der Waals surface area contributed by atoms with Gasteiger partial charge in [-0.3, -0.25) is 9.59 Å². The van der Waals surface area contributed by atoms with Gasteiger partial charge in [0, 0.05) is 16.7 Å². The third-order valence-corrected chi connectivity index (χ3v) is 5.53. The fraction of sp³-hybridized carbons (Fsp3) is 0.240. The predicted molar refractivity (Wildman–Crippen MR) is 122 cm³/mol. The molecule has 0 radical (unpaired) electrons. The van der Waals surface area contributed by atoms with Crippen LogP contribution in [0.25, 0.3) is 10.8 Å². The van der Waals surface area contributed by atoms with Gasteiger partial charge in [-0.15, -0.1) is 0 Å². The first-order valence-corrected chi connectivity index (χ1v) is 10.3. The number of carboxylic acids is 1. The van der Waals surface area contributed by atoms with Crippen LogP contribution in [-0.4, -0.2) is 41.8 Å². The highest BCUT2D eigenvalue weighted by molar-refractivity contribution is 6.16. The summed E-state index contributed by atoms with van der Waals surface area (Å²) in [5.74, 6) is -1.55. The van der Waals surface area contributed by atoms with Crippen molar-refractivity contribution in [1.82, 2.24) is 0 Å². The second-order valence-corrected chi connectivity index (χ2v) is 7.69. The molecule has 0 aromatic heterocycles. The Labute approximate surface area is 186 Å². The molecule has 0 fully saturated rings. The van der Waals surface area contributed by atoms with E-state index in [2.05, 4.69) is 0 Å². The average molecular weight is 434 g/mol. The van der Waals surface area contributed by atoms with Gasteiger partial charge in [0.1, 0.15) is 5.75 Å². The zero-order valence-corrected chi connectivity index (χ0v) is 17.8. The number of fused-ring (bicyclic) bond motifs is 1. The third kappa shape index (κ3) is 4.69. The number of benzene rings is 3. The van der Waals surface area contributed by atoms with Crippen LogP contribution in [-0.2, 0) is 4.79 Å². The lowest BCUT2D eigenvalue weighted by atomic mass is 9.85. The summed E-state index contributed by atoms with van der Waals surface area (Å²) in [6.07, 6.45) is 0.988. The summed E-state index contributed by atoms with van der Waals surface area (Å²) in [5, 5.41) is 11.4. The summed E-state index contributed by atoms with van der Waals surface area (Å²) in [5.41, 5.74) is 10.4. The van der Waals surface area contributed by atoms with E-state index in [1.165, 1.54) is 24.3 Å². The van der Waals surface area contributed by atoms with E-state index in [1.807, 2.05) is 24.3 Å². The molecular formula is C25H26N2O5. The third-order valence-electron chi connectivity index (χ3n) is 5.53. The Hall–Kier alpha value is -3.55. The Balaban J connectivity index is 1.82. The van der Waals surface area contributed by atoms with Crippen LogP contribution >= 0.6 is 0 Å². The van der Waals surface area contributed by atoms with Crippen LogP contribution in [0.15, 0.2) is 60.7 Å². The summed E-state index contributed by atoms with van der Waals surface area (Å²) in [6.45, 7) is 0.392. The maximum atomic E-state index is 12.9. The molecule has 3 aromatic rings. The molecule has 1 atom stereocenters. The first-order chi connectivity index (χ1) is 15.3. The van der Waals surface area contributed by atoms with Crippen LogP contribution in [0, 0.1) is 0 Å².